The molecule has 0 aliphatic rings. The van der Waals surface area contributed by atoms with Crippen LogP contribution in [0.3, 0.4) is 0 Å². The molecule has 0 saturated heterocycles. The molecule has 1 aromatic rings. The molecular formula is C13H18N2O3. The predicted octanol–water partition coefficient (Wildman–Crippen LogP) is 1.32. The number of nitrogens with zero attached hydrogens (tertiary/aromatic N) is 1. The van der Waals surface area contributed by atoms with Crippen molar-refractivity contribution in [3.05, 3.63) is 29.6 Å². The molecule has 98 valence electrons. The minimum Gasteiger partial charge on any atom is -0.467 e. The van der Waals surface area contributed by atoms with Crippen LogP contribution in [0.15, 0.2) is 18.2 Å². The number of methoxy groups -OCH3 is 1. The van der Waals surface area contributed by atoms with E-state index in [1.165, 1.54) is 7.11 Å². The van der Waals surface area contributed by atoms with Gasteiger partial charge >= 0.3 is 5.97 Å². The van der Waals surface area contributed by atoms with Crippen LogP contribution in [0.1, 0.15) is 30.0 Å². The molecule has 0 saturated carbocycles. The van der Waals surface area contributed by atoms with Crippen molar-refractivity contribution in [3.63, 3.8) is 0 Å². The average Bonchev–Trinajstić information content (AvgIpc) is 2.34. The van der Waals surface area contributed by atoms with Crippen LogP contribution in [-0.2, 0) is 9.53 Å². The SMILES string of the molecule is COC(=O)[C@@H](NC(=O)c1cccc(C)n1)C(C)C. The third-order valence-electron chi connectivity index (χ3n) is 2.53. The minimum absolute atomic E-state index is 0.0498. The Morgan fingerprint density at radius 2 is 2.00 bits per heavy atom. The van der Waals surface area contributed by atoms with Gasteiger partial charge in [-0.15, -0.1) is 0 Å². The quantitative estimate of drug-likeness (QED) is 0.818. The minimum atomic E-state index is -0.662. The second-order valence-electron chi connectivity index (χ2n) is 4.38. The highest BCUT2D eigenvalue weighted by atomic mass is 16.5. The van der Waals surface area contributed by atoms with E-state index in [0.717, 1.165) is 5.69 Å². The van der Waals surface area contributed by atoms with E-state index in [2.05, 4.69) is 15.0 Å². The maximum absolute atomic E-state index is 12.0. The Bertz CT molecular complexity index is 444. The second kappa shape index (κ2) is 6.14. The van der Waals surface area contributed by atoms with E-state index >= 15 is 0 Å². The zero-order valence-electron chi connectivity index (χ0n) is 11.1. The number of amides is 1. The summed E-state index contributed by atoms with van der Waals surface area (Å²) in [6, 6.07) is 4.50. The molecule has 5 heteroatoms. The first kappa shape index (κ1) is 14.2. The fourth-order valence-electron chi connectivity index (χ4n) is 1.51. The van der Waals surface area contributed by atoms with Crippen LogP contribution < -0.4 is 5.32 Å². The summed E-state index contributed by atoms with van der Waals surface area (Å²) in [4.78, 5) is 27.6. The van der Waals surface area contributed by atoms with Crippen LogP contribution in [-0.4, -0.2) is 30.0 Å². The summed E-state index contributed by atoms with van der Waals surface area (Å²) in [5.41, 5.74) is 1.05. The first-order valence-electron chi connectivity index (χ1n) is 5.78. The number of aromatic nitrogens is 1. The zero-order chi connectivity index (χ0) is 13.7. The number of hydrogen-bond donors (Lipinski definition) is 1. The number of carbonyl (C=O) groups excluding carboxylic acids is 2. The van der Waals surface area contributed by atoms with Gasteiger partial charge in [-0.25, -0.2) is 9.78 Å². The highest BCUT2D eigenvalue weighted by Crippen LogP contribution is 2.05. The Kier molecular flexibility index (Phi) is 4.83. The predicted molar refractivity (Wildman–Crippen MR) is 67.1 cm³/mol. The molecule has 18 heavy (non-hydrogen) atoms. The van der Waals surface area contributed by atoms with E-state index in [1.807, 2.05) is 13.8 Å². The van der Waals surface area contributed by atoms with Gasteiger partial charge in [0, 0.05) is 5.69 Å². The van der Waals surface area contributed by atoms with Gasteiger partial charge in [-0.1, -0.05) is 19.9 Å². The van der Waals surface area contributed by atoms with Crippen molar-refractivity contribution in [2.24, 2.45) is 5.92 Å². The van der Waals surface area contributed by atoms with Crippen LogP contribution in [0.5, 0.6) is 0 Å². The molecule has 0 spiro atoms. The lowest BCUT2D eigenvalue weighted by atomic mass is 10.0. The Labute approximate surface area is 107 Å². The summed E-state index contributed by atoms with van der Waals surface area (Å²) in [5.74, 6) is -0.875. The fraction of sp³-hybridized carbons (Fsp3) is 0.462. The Morgan fingerprint density at radius 3 is 2.50 bits per heavy atom. The van der Waals surface area contributed by atoms with E-state index in [1.54, 1.807) is 25.1 Å². The molecule has 0 bridgehead atoms. The van der Waals surface area contributed by atoms with Crippen LogP contribution >= 0.6 is 0 Å². The summed E-state index contributed by atoms with van der Waals surface area (Å²) in [5, 5.41) is 2.63. The van der Waals surface area contributed by atoms with Gasteiger partial charge in [-0.3, -0.25) is 4.79 Å². The second-order valence-corrected chi connectivity index (χ2v) is 4.38. The monoisotopic (exact) mass is 250 g/mol. The first-order chi connectivity index (χ1) is 8.45. The van der Waals surface area contributed by atoms with Crippen LogP contribution in [0.25, 0.3) is 0 Å². The highest BCUT2D eigenvalue weighted by Gasteiger charge is 2.25. The fourth-order valence-corrected chi connectivity index (χ4v) is 1.51. The molecule has 1 rings (SSSR count). The summed E-state index contributed by atoms with van der Waals surface area (Å²) in [6.07, 6.45) is 0. The smallest absolute Gasteiger partial charge is 0.328 e. The van der Waals surface area contributed by atoms with Crippen molar-refractivity contribution in [1.29, 1.82) is 0 Å². The van der Waals surface area contributed by atoms with Crippen molar-refractivity contribution >= 4 is 11.9 Å². The topological polar surface area (TPSA) is 68.3 Å². The van der Waals surface area contributed by atoms with Crippen molar-refractivity contribution in [2.75, 3.05) is 7.11 Å². The lowest BCUT2D eigenvalue weighted by Gasteiger charge is -2.19. The number of ether oxygens (including phenoxy) is 1. The average molecular weight is 250 g/mol. The molecule has 0 radical (unpaired) electrons. The van der Waals surface area contributed by atoms with E-state index in [0.29, 0.717) is 5.69 Å². The van der Waals surface area contributed by atoms with Gasteiger partial charge in [0.05, 0.1) is 7.11 Å². The maximum atomic E-state index is 12.0. The van der Waals surface area contributed by atoms with Crippen LogP contribution in [0.2, 0.25) is 0 Å². The largest absolute Gasteiger partial charge is 0.467 e. The molecule has 1 atom stereocenters. The summed E-state index contributed by atoms with van der Waals surface area (Å²) in [7, 11) is 1.30. The zero-order valence-corrected chi connectivity index (χ0v) is 11.1. The van der Waals surface area contributed by atoms with Gasteiger partial charge in [-0.05, 0) is 25.0 Å². The first-order valence-corrected chi connectivity index (χ1v) is 5.78. The molecule has 0 aliphatic heterocycles. The van der Waals surface area contributed by atoms with E-state index in [9.17, 15) is 9.59 Å². The molecule has 0 aromatic carbocycles. The van der Waals surface area contributed by atoms with Crippen molar-refractivity contribution in [2.45, 2.75) is 26.8 Å². The third-order valence-corrected chi connectivity index (χ3v) is 2.53. The lowest BCUT2D eigenvalue weighted by molar-refractivity contribution is -0.144. The number of nitrogens with one attached hydrogen (secondary N) is 1. The molecule has 1 amide bonds. The van der Waals surface area contributed by atoms with Gasteiger partial charge in [0.15, 0.2) is 0 Å². The number of esters is 1. The number of rotatable bonds is 4. The van der Waals surface area contributed by atoms with Crippen LogP contribution in [0, 0.1) is 12.8 Å². The Morgan fingerprint density at radius 1 is 1.33 bits per heavy atom. The van der Waals surface area contributed by atoms with Gasteiger partial charge in [0.2, 0.25) is 0 Å². The van der Waals surface area contributed by atoms with Gasteiger partial charge in [0.1, 0.15) is 11.7 Å². The maximum Gasteiger partial charge on any atom is 0.328 e. The molecule has 0 fully saturated rings. The van der Waals surface area contributed by atoms with Gasteiger partial charge in [0.25, 0.3) is 5.91 Å². The number of aryl methyl sites for hydroxylation is 1. The number of carbonyl (C=O) groups is 2. The standard InChI is InChI=1S/C13H18N2O3/c1-8(2)11(13(17)18-4)15-12(16)10-7-5-6-9(3)14-10/h5-8,11H,1-4H3,(H,15,16)/t11-/m0/s1. The van der Waals surface area contributed by atoms with E-state index in [4.69, 9.17) is 0 Å². The van der Waals surface area contributed by atoms with Crippen molar-refractivity contribution < 1.29 is 14.3 Å². The number of hydrogen-bond acceptors (Lipinski definition) is 4. The van der Waals surface area contributed by atoms with Crippen molar-refractivity contribution in [1.82, 2.24) is 10.3 Å². The molecule has 0 unspecified atom stereocenters. The van der Waals surface area contributed by atoms with Crippen molar-refractivity contribution in [3.8, 4) is 0 Å². The Hall–Kier alpha value is -1.91. The molecule has 1 N–H and O–H groups in total. The third kappa shape index (κ3) is 3.55. The number of pyridine rings is 1. The highest BCUT2D eigenvalue weighted by molar-refractivity contribution is 5.95. The lowest BCUT2D eigenvalue weighted by Crippen LogP contribution is -2.45. The van der Waals surface area contributed by atoms with E-state index in [-0.39, 0.29) is 11.8 Å². The van der Waals surface area contributed by atoms with Gasteiger partial charge in [-0.2, -0.15) is 0 Å². The molecule has 5 nitrogen and oxygen atoms in total. The summed E-state index contributed by atoms with van der Waals surface area (Å²) < 4.78 is 4.66. The Balaban J connectivity index is 2.82. The summed E-state index contributed by atoms with van der Waals surface area (Å²) >= 11 is 0. The normalized spacial score (nSPS) is 12.1. The molecule has 1 heterocycles. The van der Waals surface area contributed by atoms with E-state index < -0.39 is 12.0 Å². The van der Waals surface area contributed by atoms with Gasteiger partial charge < -0.3 is 10.1 Å². The molecule has 1 aromatic heterocycles. The molecular weight excluding hydrogens is 232 g/mol. The summed E-state index contributed by atoms with van der Waals surface area (Å²) in [6.45, 7) is 5.48. The van der Waals surface area contributed by atoms with Crippen LogP contribution in [0.4, 0.5) is 0 Å². The molecule has 0 aliphatic carbocycles.